The molecule has 0 aliphatic rings. The third kappa shape index (κ3) is 4.01. The standard InChI is InChI=1S/C14H17NO2/c1-4-14(2,3)17-10-13(16)12-7-5-11(9-15)6-8-12/h5-8H,4,10H2,1-3H3. The SMILES string of the molecule is CCC(C)(C)OCC(=O)c1ccc(C#N)cc1. The van der Waals surface area contributed by atoms with Gasteiger partial charge in [-0.1, -0.05) is 19.1 Å². The fourth-order valence-corrected chi connectivity index (χ4v) is 1.18. The molecule has 0 fully saturated rings. The van der Waals surface area contributed by atoms with Gasteiger partial charge in [0.1, 0.15) is 6.61 Å². The molecule has 1 aromatic carbocycles. The first kappa shape index (κ1) is 13.4. The van der Waals surface area contributed by atoms with Crippen molar-refractivity contribution in [1.29, 1.82) is 5.26 Å². The molecule has 0 unspecified atom stereocenters. The second-order valence-corrected chi connectivity index (χ2v) is 4.51. The summed E-state index contributed by atoms with van der Waals surface area (Å²) in [7, 11) is 0. The maximum atomic E-state index is 11.8. The van der Waals surface area contributed by atoms with E-state index in [1.807, 2.05) is 26.8 Å². The Bertz CT molecular complexity index is 427. The number of Topliss-reactive ketones (excluding diaryl/α,β-unsaturated/α-hetero) is 1. The van der Waals surface area contributed by atoms with E-state index in [9.17, 15) is 4.79 Å². The van der Waals surface area contributed by atoms with Crippen molar-refractivity contribution in [2.24, 2.45) is 0 Å². The summed E-state index contributed by atoms with van der Waals surface area (Å²) < 4.78 is 5.54. The molecule has 17 heavy (non-hydrogen) atoms. The maximum Gasteiger partial charge on any atom is 0.188 e. The average Bonchev–Trinajstić information content (AvgIpc) is 2.36. The van der Waals surface area contributed by atoms with Crippen LogP contribution in [0, 0.1) is 11.3 Å². The fraction of sp³-hybridized carbons (Fsp3) is 0.429. The summed E-state index contributed by atoms with van der Waals surface area (Å²) in [5.74, 6) is -0.0592. The summed E-state index contributed by atoms with van der Waals surface area (Å²) in [6, 6.07) is 8.60. The zero-order valence-corrected chi connectivity index (χ0v) is 10.5. The molecule has 0 saturated heterocycles. The highest BCUT2D eigenvalue weighted by Crippen LogP contribution is 2.14. The first-order valence-electron chi connectivity index (χ1n) is 5.66. The molecule has 0 aliphatic heterocycles. The Morgan fingerprint density at radius 3 is 2.41 bits per heavy atom. The van der Waals surface area contributed by atoms with E-state index in [0.717, 1.165) is 6.42 Å². The van der Waals surface area contributed by atoms with Gasteiger partial charge in [0, 0.05) is 5.56 Å². The lowest BCUT2D eigenvalue weighted by Crippen LogP contribution is -2.26. The molecule has 3 heteroatoms. The fourth-order valence-electron chi connectivity index (χ4n) is 1.18. The highest BCUT2D eigenvalue weighted by atomic mass is 16.5. The van der Waals surface area contributed by atoms with Gasteiger partial charge in [-0.2, -0.15) is 5.26 Å². The van der Waals surface area contributed by atoms with Gasteiger partial charge in [0.25, 0.3) is 0 Å². The van der Waals surface area contributed by atoms with Crippen molar-refractivity contribution in [3.05, 3.63) is 35.4 Å². The molecule has 1 rings (SSSR count). The molecule has 3 nitrogen and oxygen atoms in total. The molecular weight excluding hydrogens is 214 g/mol. The third-order valence-electron chi connectivity index (χ3n) is 2.78. The number of carbonyl (C=O) groups is 1. The van der Waals surface area contributed by atoms with Crippen LogP contribution >= 0.6 is 0 Å². The molecule has 0 bridgehead atoms. The van der Waals surface area contributed by atoms with Crippen molar-refractivity contribution in [3.63, 3.8) is 0 Å². The van der Waals surface area contributed by atoms with Crippen molar-refractivity contribution in [3.8, 4) is 6.07 Å². The van der Waals surface area contributed by atoms with Crippen LogP contribution in [-0.2, 0) is 4.74 Å². The average molecular weight is 231 g/mol. The summed E-state index contributed by atoms with van der Waals surface area (Å²) in [5.41, 5.74) is 0.856. The van der Waals surface area contributed by atoms with E-state index in [0.29, 0.717) is 11.1 Å². The van der Waals surface area contributed by atoms with Crippen LogP contribution in [0.2, 0.25) is 0 Å². The lowest BCUT2D eigenvalue weighted by molar-refractivity contribution is -0.0122. The Morgan fingerprint density at radius 2 is 1.94 bits per heavy atom. The van der Waals surface area contributed by atoms with Gasteiger partial charge in [-0.05, 0) is 32.4 Å². The maximum absolute atomic E-state index is 11.8. The van der Waals surface area contributed by atoms with Gasteiger partial charge < -0.3 is 4.74 Å². The Kier molecular flexibility index (Phi) is 4.42. The smallest absolute Gasteiger partial charge is 0.188 e. The van der Waals surface area contributed by atoms with Gasteiger partial charge in [-0.25, -0.2) is 0 Å². The Balaban J connectivity index is 2.62. The van der Waals surface area contributed by atoms with Crippen LogP contribution in [0.25, 0.3) is 0 Å². The van der Waals surface area contributed by atoms with Crippen molar-refractivity contribution < 1.29 is 9.53 Å². The van der Waals surface area contributed by atoms with Gasteiger partial charge >= 0.3 is 0 Å². The van der Waals surface area contributed by atoms with Gasteiger partial charge in [0.15, 0.2) is 5.78 Å². The van der Waals surface area contributed by atoms with Crippen LogP contribution in [-0.4, -0.2) is 18.0 Å². The van der Waals surface area contributed by atoms with Crippen LogP contribution in [0.15, 0.2) is 24.3 Å². The monoisotopic (exact) mass is 231 g/mol. The van der Waals surface area contributed by atoms with E-state index in [-0.39, 0.29) is 18.0 Å². The zero-order valence-electron chi connectivity index (χ0n) is 10.5. The van der Waals surface area contributed by atoms with Gasteiger partial charge in [0.2, 0.25) is 0 Å². The van der Waals surface area contributed by atoms with E-state index in [1.165, 1.54) is 0 Å². The van der Waals surface area contributed by atoms with E-state index < -0.39 is 0 Å². The van der Waals surface area contributed by atoms with E-state index in [2.05, 4.69) is 0 Å². The summed E-state index contributed by atoms with van der Waals surface area (Å²) in [6.07, 6.45) is 0.855. The first-order chi connectivity index (χ1) is 7.98. The Labute approximate surface area is 102 Å². The molecule has 0 atom stereocenters. The molecule has 0 aromatic heterocycles. The van der Waals surface area contributed by atoms with E-state index >= 15 is 0 Å². The number of hydrogen-bond acceptors (Lipinski definition) is 3. The highest BCUT2D eigenvalue weighted by molar-refractivity contribution is 5.97. The second kappa shape index (κ2) is 5.60. The van der Waals surface area contributed by atoms with Gasteiger partial charge in [-0.15, -0.1) is 0 Å². The van der Waals surface area contributed by atoms with E-state index in [4.69, 9.17) is 10.00 Å². The number of ether oxygens (including phenoxy) is 1. The Hall–Kier alpha value is -1.66. The topological polar surface area (TPSA) is 50.1 Å². The normalized spacial score (nSPS) is 10.9. The predicted molar refractivity (Wildman–Crippen MR) is 65.8 cm³/mol. The number of benzene rings is 1. The second-order valence-electron chi connectivity index (χ2n) is 4.51. The van der Waals surface area contributed by atoms with E-state index in [1.54, 1.807) is 24.3 Å². The van der Waals surface area contributed by atoms with Crippen LogP contribution in [0.5, 0.6) is 0 Å². The summed E-state index contributed by atoms with van der Waals surface area (Å²) in [6.45, 7) is 6.01. The molecule has 0 heterocycles. The largest absolute Gasteiger partial charge is 0.367 e. The summed E-state index contributed by atoms with van der Waals surface area (Å²) in [4.78, 5) is 11.8. The number of hydrogen-bond donors (Lipinski definition) is 0. The number of nitrogens with zero attached hydrogens (tertiary/aromatic N) is 1. The van der Waals surface area contributed by atoms with Gasteiger partial charge in [-0.3, -0.25) is 4.79 Å². The molecule has 0 radical (unpaired) electrons. The van der Waals surface area contributed by atoms with Crippen molar-refractivity contribution >= 4 is 5.78 Å². The van der Waals surface area contributed by atoms with Crippen molar-refractivity contribution in [2.75, 3.05) is 6.61 Å². The molecular formula is C14H17NO2. The molecule has 0 amide bonds. The molecule has 90 valence electrons. The number of rotatable bonds is 5. The summed E-state index contributed by atoms with van der Waals surface area (Å²) >= 11 is 0. The molecule has 1 aromatic rings. The number of ketones is 1. The van der Waals surface area contributed by atoms with Crippen LogP contribution < -0.4 is 0 Å². The minimum absolute atomic E-state index is 0.0592. The first-order valence-corrected chi connectivity index (χ1v) is 5.66. The van der Waals surface area contributed by atoms with Crippen LogP contribution in [0.4, 0.5) is 0 Å². The zero-order chi connectivity index (χ0) is 12.9. The summed E-state index contributed by atoms with van der Waals surface area (Å²) in [5, 5.41) is 8.65. The highest BCUT2D eigenvalue weighted by Gasteiger charge is 2.17. The molecule has 0 saturated carbocycles. The predicted octanol–water partition coefficient (Wildman–Crippen LogP) is 2.95. The lowest BCUT2D eigenvalue weighted by atomic mass is 10.1. The van der Waals surface area contributed by atoms with Crippen molar-refractivity contribution in [1.82, 2.24) is 0 Å². The number of nitriles is 1. The number of carbonyl (C=O) groups excluding carboxylic acids is 1. The van der Waals surface area contributed by atoms with Crippen LogP contribution in [0.1, 0.15) is 43.1 Å². The lowest BCUT2D eigenvalue weighted by Gasteiger charge is -2.22. The van der Waals surface area contributed by atoms with Gasteiger partial charge in [0.05, 0.1) is 17.2 Å². The minimum Gasteiger partial charge on any atom is -0.367 e. The Morgan fingerprint density at radius 1 is 1.35 bits per heavy atom. The molecule has 0 aliphatic carbocycles. The molecule has 0 N–H and O–H groups in total. The minimum atomic E-state index is -0.276. The van der Waals surface area contributed by atoms with Crippen molar-refractivity contribution in [2.45, 2.75) is 32.8 Å². The van der Waals surface area contributed by atoms with Crippen LogP contribution in [0.3, 0.4) is 0 Å². The third-order valence-corrected chi connectivity index (χ3v) is 2.78. The molecule has 0 spiro atoms. The quantitative estimate of drug-likeness (QED) is 0.732.